The molecule has 0 bridgehead atoms. The molecule has 1 fully saturated rings. The van der Waals surface area contributed by atoms with E-state index in [4.69, 9.17) is 9.57 Å². The van der Waals surface area contributed by atoms with Gasteiger partial charge in [0.2, 0.25) is 0 Å². The number of hydroxylamine groups is 1. The third-order valence-electron chi connectivity index (χ3n) is 3.34. The first-order valence-electron chi connectivity index (χ1n) is 6.94. The third-order valence-corrected chi connectivity index (χ3v) is 3.34. The first-order chi connectivity index (χ1) is 9.28. The summed E-state index contributed by atoms with van der Waals surface area (Å²) in [4.78, 5) is 16.8. The van der Waals surface area contributed by atoms with Gasteiger partial charge in [-0.2, -0.15) is 0 Å². The Labute approximate surface area is 114 Å². The van der Waals surface area contributed by atoms with Crippen molar-refractivity contribution in [3.05, 3.63) is 29.8 Å². The number of hydrogen-bond acceptors (Lipinski definition) is 3. The molecule has 4 nitrogen and oxygen atoms in total. The fraction of sp³-hybridized carbons (Fsp3) is 0.533. The van der Waals surface area contributed by atoms with Crippen LogP contribution in [-0.2, 0) is 16.1 Å². The predicted molar refractivity (Wildman–Crippen MR) is 72.8 cm³/mol. The minimum absolute atomic E-state index is 0.0157. The number of rotatable bonds is 6. The van der Waals surface area contributed by atoms with Gasteiger partial charge >= 0.3 is 0 Å². The molecule has 0 atom stereocenters. The van der Waals surface area contributed by atoms with Crippen LogP contribution < -0.4 is 10.2 Å². The maximum Gasteiger partial charge on any atom is 0.281 e. The molecule has 4 heteroatoms. The van der Waals surface area contributed by atoms with Crippen LogP contribution in [0.1, 0.15) is 38.2 Å². The normalized spacial score (nSPS) is 15.4. The smallest absolute Gasteiger partial charge is 0.281 e. The van der Waals surface area contributed by atoms with Gasteiger partial charge in [-0.05, 0) is 37.0 Å². The minimum atomic E-state index is -0.244. The number of hydrogen-bond donors (Lipinski definition) is 1. The van der Waals surface area contributed by atoms with Crippen LogP contribution in [-0.4, -0.2) is 18.6 Å². The number of carbonyl (C=O) groups is 1. The molecule has 0 aliphatic heterocycles. The van der Waals surface area contributed by atoms with Gasteiger partial charge in [0.1, 0.15) is 5.75 Å². The number of aryl methyl sites for hydroxylation is 1. The van der Waals surface area contributed by atoms with E-state index in [1.165, 1.54) is 18.4 Å². The van der Waals surface area contributed by atoms with Gasteiger partial charge in [-0.1, -0.05) is 31.9 Å². The van der Waals surface area contributed by atoms with Gasteiger partial charge in [0.15, 0.2) is 6.61 Å². The summed E-state index contributed by atoms with van der Waals surface area (Å²) in [6.07, 6.45) is 5.59. The highest BCUT2D eigenvalue weighted by Gasteiger charge is 2.16. The highest BCUT2D eigenvalue weighted by atomic mass is 16.7. The number of amides is 1. The number of nitrogens with one attached hydrogen (secondary N) is 1. The number of ether oxygens (including phenoxy) is 1. The van der Waals surface area contributed by atoms with Crippen LogP contribution in [0.5, 0.6) is 5.75 Å². The monoisotopic (exact) mass is 263 g/mol. The van der Waals surface area contributed by atoms with Crippen molar-refractivity contribution in [3.63, 3.8) is 0 Å². The van der Waals surface area contributed by atoms with E-state index in [0.29, 0.717) is 5.75 Å². The van der Waals surface area contributed by atoms with E-state index >= 15 is 0 Å². The van der Waals surface area contributed by atoms with Gasteiger partial charge < -0.3 is 4.74 Å². The summed E-state index contributed by atoms with van der Waals surface area (Å²) in [6, 6.07) is 7.76. The summed E-state index contributed by atoms with van der Waals surface area (Å²) in [6.45, 7) is 2.09. The van der Waals surface area contributed by atoms with Gasteiger partial charge in [-0.15, -0.1) is 0 Å². The van der Waals surface area contributed by atoms with Crippen molar-refractivity contribution in [2.75, 3.05) is 6.61 Å². The standard InChI is InChI=1S/C15H21NO3/c1-2-12-7-9-13(10-8-12)18-11-15(17)16-19-14-5-3-4-6-14/h7-10,14H,2-6,11H2,1H3,(H,16,17). The molecular weight excluding hydrogens is 242 g/mol. The van der Waals surface area contributed by atoms with Crippen molar-refractivity contribution in [2.24, 2.45) is 0 Å². The summed E-state index contributed by atoms with van der Waals surface area (Å²) in [5.41, 5.74) is 3.70. The molecule has 2 rings (SSSR count). The Morgan fingerprint density at radius 3 is 2.58 bits per heavy atom. The van der Waals surface area contributed by atoms with Crippen molar-refractivity contribution in [1.82, 2.24) is 5.48 Å². The second-order valence-electron chi connectivity index (χ2n) is 4.84. The highest BCUT2D eigenvalue weighted by molar-refractivity contribution is 5.76. The Hall–Kier alpha value is -1.55. The fourth-order valence-electron chi connectivity index (χ4n) is 2.15. The molecule has 0 saturated heterocycles. The van der Waals surface area contributed by atoms with Gasteiger partial charge in [0, 0.05) is 0 Å². The largest absolute Gasteiger partial charge is 0.484 e. The average Bonchev–Trinajstić information content (AvgIpc) is 2.96. The fourth-order valence-corrected chi connectivity index (χ4v) is 2.15. The van der Waals surface area contributed by atoms with Crippen molar-refractivity contribution in [3.8, 4) is 5.75 Å². The lowest BCUT2D eigenvalue weighted by Crippen LogP contribution is -2.32. The molecule has 19 heavy (non-hydrogen) atoms. The van der Waals surface area contributed by atoms with E-state index in [1.54, 1.807) is 0 Å². The lowest BCUT2D eigenvalue weighted by molar-refractivity contribution is -0.140. The molecule has 1 aromatic rings. The Bertz CT molecular complexity index is 396. The first kappa shape index (κ1) is 13.9. The molecule has 0 spiro atoms. The summed E-state index contributed by atoms with van der Waals surface area (Å²) in [5, 5.41) is 0. The first-order valence-corrected chi connectivity index (χ1v) is 6.94. The van der Waals surface area contributed by atoms with Crippen molar-refractivity contribution in [2.45, 2.75) is 45.1 Å². The molecule has 1 amide bonds. The van der Waals surface area contributed by atoms with Crippen molar-refractivity contribution in [1.29, 1.82) is 0 Å². The van der Waals surface area contributed by atoms with Gasteiger partial charge in [0.05, 0.1) is 6.10 Å². The van der Waals surface area contributed by atoms with Gasteiger partial charge in [-0.25, -0.2) is 5.48 Å². The average molecular weight is 263 g/mol. The minimum Gasteiger partial charge on any atom is -0.484 e. The lowest BCUT2D eigenvalue weighted by atomic mass is 10.2. The number of carbonyl (C=O) groups excluding carboxylic acids is 1. The molecular formula is C15H21NO3. The van der Waals surface area contributed by atoms with Gasteiger partial charge in [-0.3, -0.25) is 9.63 Å². The summed E-state index contributed by atoms with van der Waals surface area (Å²) in [5.74, 6) is 0.458. The van der Waals surface area contributed by atoms with Crippen LogP contribution in [0.15, 0.2) is 24.3 Å². The summed E-state index contributed by atoms with van der Waals surface area (Å²) in [7, 11) is 0. The van der Waals surface area contributed by atoms with E-state index in [1.807, 2.05) is 24.3 Å². The quantitative estimate of drug-likeness (QED) is 0.803. The molecule has 0 aromatic heterocycles. The van der Waals surface area contributed by atoms with Crippen LogP contribution in [0, 0.1) is 0 Å². The molecule has 104 valence electrons. The molecule has 0 unspecified atom stereocenters. The second kappa shape index (κ2) is 7.14. The SMILES string of the molecule is CCc1ccc(OCC(=O)NOC2CCCC2)cc1. The topological polar surface area (TPSA) is 47.6 Å². The maximum atomic E-state index is 11.5. The highest BCUT2D eigenvalue weighted by Crippen LogP contribution is 2.19. The molecule has 1 saturated carbocycles. The van der Waals surface area contributed by atoms with E-state index < -0.39 is 0 Å². The lowest BCUT2D eigenvalue weighted by Gasteiger charge is -2.12. The zero-order chi connectivity index (χ0) is 13.5. The molecule has 1 N–H and O–H groups in total. The van der Waals surface area contributed by atoms with Crippen LogP contribution in [0.25, 0.3) is 0 Å². The summed E-state index contributed by atoms with van der Waals surface area (Å²) < 4.78 is 5.39. The predicted octanol–water partition coefficient (Wildman–Crippen LogP) is 2.62. The number of benzene rings is 1. The Morgan fingerprint density at radius 2 is 1.95 bits per heavy atom. The van der Waals surface area contributed by atoms with Crippen LogP contribution in [0.2, 0.25) is 0 Å². The zero-order valence-corrected chi connectivity index (χ0v) is 11.4. The Morgan fingerprint density at radius 1 is 1.26 bits per heavy atom. The third kappa shape index (κ3) is 4.56. The van der Waals surface area contributed by atoms with Crippen LogP contribution in [0.3, 0.4) is 0 Å². The van der Waals surface area contributed by atoms with E-state index in [2.05, 4.69) is 12.4 Å². The van der Waals surface area contributed by atoms with E-state index in [0.717, 1.165) is 19.3 Å². The van der Waals surface area contributed by atoms with Crippen molar-refractivity contribution >= 4 is 5.91 Å². The Kier molecular flexibility index (Phi) is 5.21. The van der Waals surface area contributed by atoms with Crippen LogP contribution in [0.4, 0.5) is 0 Å². The maximum absolute atomic E-state index is 11.5. The second-order valence-corrected chi connectivity index (χ2v) is 4.84. The molecule has 1 aliphatic rings. The zero-order valence-electron chi connectivity index (χ0n) is 11.4. The van der Waals surface area contributed by atoms with E-state index in [-0.39, 0.29) is 18.6 Å². The molecule has 0 radical (unpaired) electrons. The van der Waals surface area contributed by atoms with Crippen LogP contribution >= 0.6 is 0 Å². The Balaban J connectivity index is 1.67. The molecule has 1 aromatic carbocycles. The molecule has 0 heterocycles. The van der Waals surface area contributed by atoms with Crippen molar-refractivity contribution < 1.29 is 14.4 Å². The molecule has 1 aliphatic carbocycles. The summed E-state index contributed by atoms with van der Waals surface area (Å²) >= 11 is 0. The van der Waals surface area contributed by atoms with E-state index in [9.17, 15) is 4.79 Å². The van der Waals surface area contributed by atoms with Gasteiger partial charge in [0.25, 0.3) is 5.91 Å².